The molecule has 0 saturated heterocycles. The molecule has 0 spiro atoms. The first-order chi connectivity index (χ1) is 8.28. The zero-order chi connectivity index (χ0) is 12.1. The molecule has 0 aliphatic rings. The average molecular weight is 270 g/mol. The van der Waals surface area contributed by atoms with E-state index in [4.69, 9.17) is 4.42 Å². The Bertz CT molecular complexity index is 490. The van der Waals surface area contributed by atoms with Crippen LogP contribution in [0.2, 0.25) is 0 Å². The number of halogens is 1. The molecule has 0 unspecified atom stereocenters. The molecule has 0 amide bonds. The van der Waals surface area contributed by atoms with Gasteiger partial charge in [0.25, 0.3) is 5.22 Å². The first kappa shape index (κ1) is 12.4. The molecule has 2 aromatic rings. The lowest BCUT2D eigenvalue weighted by molar-refractivity contribution is 0.426. The normalized spacial score (nSPS) is 10.7. The van der Waals surface area contributed by atoms with Crippen molar-refractivity contribution >= 4 is 23.5 Å². The molecule has 1 heterocycles. The summed E-state index contributed by atoms with van der Waals surface area (Å²) >= 11 is 3.04. The molecule has 90 valence electrons. The maximum Gasteiger partial charge on any atom is 0.276 e. The van der Waals surface area contributed by atoms with Gasteiger partial charge in [-0.05, 0) is 24.0 Å². The lowest BCUT2D eigenvalue weighted by atomic mass is 10.2. The molecule has 0 radical (unpaired) electrons. The lowest BCUT2D eigenvalue weighted by Gasteiger charge is -1.97. The van der Waals surface area contributed by atoms with E-state index in [-0.39, 0.29) is 5.82 Å². The summed E-state index contributed by atoms with van der Waals surface area (Å²) in [6.45, 7) is 0. The Morgan fingerprint density at radius 3 is 2.94 bits per heavy atom. The van der Waals surface area contributed by atoms with Crippen molar-refractivity contribution in [1.82, 2.24) is 10.2 Å². The Hall–Kier alpha value is -1.01. The van der Waals surface area contributed by atoms with E-state index in [1.54, 1.807) is 17.8 Å². The molecule has 1 aromatic heterocycles. The molecule has 17 heavy (non-hydrogen) atoms. The fraction of sp³-hybridized carbons (Fsp3) is 0.273. The number of thioether (sulfide) groups is 2. The fourth-order valence-corrected chi connectivity index (χ4v) is 2.34. The van der Waals surface area contributed by atoms with Gasteiger partial charge in [0.15, 0.2) is 0 Å². The van der Waals surface area contributed by atoms with Crippen LogP contribution in [-0.2, 0) is 11.5 Å². The Labute approximate surface area is 107 Å². The molecule has 0 aliphatic heterocycles. The first-order valence-corrected chi connectivity index (χ1v) is 7.34. The van der Waals surface area contributed by atoms with E-state index in [1.807, 2.05) is 12.3 Å². The van der Waals surface area contributed by atoms with Crippen LogP contribution in [0.1, 0.15) is 11.5 Å². The number of aromatic nitrogens is 2. The second kappa shape index (κ2) is 6.07. The minimum atomic E-state index is -0.225. The summed E-state index contributed by atoms with van der Waals surface area (Å²) in [4.78, 5) is 0. The van der Waals surface area contributed by atoms with Crippen LogP contribution in [0.5, 0.6) is 0 Å². The van der Waals surface area contributed by atoms with Crippen LogP contribution < -0.4 is 0 Å². The molecule has 2 rings (SSSR count). The SMILES string of the molecule is CSCc1nnc(SCc2cccc(F)c2)o1. The third-order valence-electron chi connectivity index (χ3n) is 1.97. The fourth-order valence-electron chi connectivity index (χ4n) is 1.25. The molecule has 0 bridgehead atoms. The molecule has 1 aromatic carbocycles. The maximum atomic E-state index is 12.9. The summed E-state index contributed by atoms with van der Waals surface area (Å²) in [6, 6.07) is 6.50. The van der Waals surface area contributed by atoms with Crippen molar-refractivity contribution in [2.24, 2.45) is 0 Å². The minimum absolute atomic E-state index is 0.225. The summed E-state index contributed by atoms with van der Waals surface area (Å²) in [5.74, 6) is 1.74. The van der Waals surface area contributed by atoms with Crippen molar-refractivity contribution in [3.05, 3.63) is 41.5 Å². The third kappa shape index (κ3) is 3.74. The van der Waals surface area contributed by atoms with Crippen molar-refractivity contribution in [3.63, 3.8) is 0 Å². The molecule has 0 atom stereocenters. The standard InChI is InChI=1S/C11H11FN2OS2/c1-16-7-10-13-14-11(15-10)17-6-8-3-2-4-9(12)5-8/h2-5H,6-7H2,1H3. The molecule has 0 N–H and O–H groups in total. The number of benzene rings is 1. The topological polar surface area (TPSA) is 38.9 Å². The molecule has 3 nitrogen and oxygen atoms in total. The summed E-state index contributed by atoms with van der Waals surface area (Å²) in [7, 11) is 0. The monoisotopic (exact) mass is 270 g/mol. The van der Waals surface area contributed by atoms with Crippen LogP contribution >= 0.6 is 23.5 Å². The summed E-state index contributed by atoms with van der Waals surface area (Å²) in [5.41, 5.74) is 0.902. The summed E-state index contributed by atoms with van der Waals surface area (Å²) in [6.07, 6.45) is 1.98. The molecule has 6 heteroatoms. The Morgan fingerprint density at radius 1 is 1.29 bits per heavy atom. The lowest BCUT2D eigenvalue weighted by Crippen LogP contribution is -1.82. The largest absolute Gasteiger partial charge is 0.415 e. The van der Waals surface area contributed by atoms with Gasteiger partial charge in [-0.1, -0.05) is 23.9 Å². The zero-order valence-corrected chi connectivity index (χ0v) is 10.9. The van der Waals surface area contributed by atoms with Gasteiger partial charge >= 0.3 is 0 Å². The van der Waals surface area contributed by atoms with Crippen LogP contribution in [0.4, 0.5) is 4.39 Å². The summed E-state index contributed by atoms with van der Waals surface area (Å²) < 4.78 is 18.3. The first-order valence-electron chi connectivity index (χ1n) is 4.96. The van der Waals surface area contributed by atoms with Gasteiger partial charge in [0, 0.05) is 5.75 Å². The number of nitrogens with zero attached hydrogens (tertiary/aromatic N) is 2. The van der Waals surface area contributed by atoms with Gasteiger partial charge in [0.2, 0.25) is 5.89 Å². The number of hydrogen-bond acceptors (Lipinski definition) is 5. The Morgan fingerprint density at radius 2 is 2.18 bits per heavy atom. The second-order valence-electron chi connectivity index (χ2n) is 3.31. The van der Waals surface area contributed by atoms with Crippen molar-refractivity contribution in [3.8, 4) is 0 Å². The van der Waals surface area contributed by atoms with E-state index in [0.717, 1.165) is 5.56 Å². The van der Waals surface area contributed by atoms with E-state index < -0.39 is 0 Å². The predicted molar refractivity (Wildman–Crippen MR) is 67.5 cm³/mol. The van der Waals surface area contributed by atoms with Crippen molar-refractivity contribution in [2.75, 3.05) is 6.26 Å². The highest BCUT2D eigenvalue weighted by atomic mass is 32.2. The molecule has 0 saturated carbocycles. The van der Waals surface area contributed by atoms with E-state index in [2.05, 4.69) is 10.2 Å². The minimum Gasteiger partial charge on any atom is -0.415 e. The van der Waals surface area contributed by atoms with E-state index in [0.29, 0.717) is 22.6 Å². The predicted octanol–water partition coefficient (Wildman–Crippen LogP) is 3.36. The zero-order valence-electron chi connectivity index (χ0n) is 9.22. The second-order valence-corrected chi connectivity index (χ2v) is 5.11. The van der Waals surface area contributed by atoms with Crippen LogP contribution in [0.15, 0.2) is 33.9 Å². The maximum absolute atomic E-state index is 12.9. The van der Waals surface area contributed by atoms with Crippen molar-refractivity contribution in [1.29, 1.82) is 0 Å². The van der Waals surface area contributed by atoms with Gasteiger partial charge < -0.3 is 4.42 Å². The van der Waals surface area contributed by atoms with Gasteiger partial charge in [-0.3, -0.25) is 0 Å². The van der Waals surface area contributed by atoms with Crippen LogP contribution in [0, 0.1) is 5.82 Å². The van der Waals surface area contributed by atoms with Gasteiger partial charge in [0.1, 0.15) is 5.82 Å². The van der Waals surface area contributed by atoms with Gasteiger partial charge in [-0.15, -0.1) is 10.2 Å². The number of rotatable bonds is 5. The van der Waals surface area contributed by atoms with Crippen molar-refractivity contribution in [2.45, 2.75) is 16.7 Å². The van der Waals surface area contributed by atoms with E-state index in [9.17, 15) is 4.39 Å². The Kier molecular flexibility index (Phi) is 4.44. The summed E-state index contributed by atoms with van der Waals surface area (Å²) in [5, 5.41) is 8.34. The van der Waals surface area contributed by atoms with Gasteiger partial charge in [-0.2, -0.15) is 11.8 Å². The molecular weight excluding hydrogens is 259 g/mol. The Balaban J connectivity index is 1.93. The average Bonchev–Trinajstić information content (AvgIpc) is 2.75. The third-order valence-corrected chi connectivity index (χ3v) is 3.39. The quantitative estimate of drug-likeness (QED) is 0.779. The van der Waals surface area contributed by atoms with Gasteiger partial charge in [0.05, 0.1) is 5.75 Å². The highest BCUT2D eigenvalue weighted by Gasteiger charge is 2.06. The van der Waals surface area contributed by atoms with Gasteiger partial charge in [-0.25, -0.2) is 4.39 Å². The molecular formula is C11H11FN2OS2. The number of hydrogen-bond donors (Lipinski definition) is 0. The van der Waals surface area contributed by atoms with E-state index >= 15 is 0 Å². The van der Waals surface area contributed by atoms with Crippen LogP contribution in [-0.4, -0.2) is 16.5 Å². The highest BCUT2D eigenvalue weighted by molar-refractivity contribution is 7.98. The smallest absolute Gasteiger partial charge is 0.276 e. The van der Waals surface area contributed by atoms with E-state index in [1.165, 1.54) is 23.9 Å². The van der Waals surface area contributed by atoms with Crippen LogP contribution in [0.25, 0.3) is 0 Å². The molecule has 0 fully saturated rings. The van der Waals surface area contributed by atoms with Crippen molar-refractivity contribution < 1.29 is 8.81 Å². The molecule has 0 aliphatic carbocycles. The highest BCUT2D eigenvalue weighted by Crippen LogP contribution is 2.22. The van der Waals surface area contributed by atoms with Crippen LogP contribution in [0.3, 0.4) is 0 Å².